The monoisotopic (exact) mass is 264 g/mol. The minimum absolute atomic E-state index is 0.0886. The van der Waals surface area contributed by atoms with Gasteiger partial charge in [0.1, 0.15) is 5.82 Å². The third-order valence-corrected chi connectivity index (χ3v) is 3.79. The first kappa shape index (κ1) is 14.5. The Morgan fingerprint density at radius 2 is 2.11 bits per heavy atom. The van der Waals surface area contributed by atoms with Crippen molar-refractivity contribution in [1.82, 2.24) is 10.2 Å². The zero-order valence-electron chi connectivity index (χ0n) is 12.2. The average Bonchev–Trinajstić information content (AvgIpc) is 3.19. The van der Waals surface area contributed by atoms with E-state index in [2.05, 4.69) is 31.0 Å². The summed E-state index contributed by atoms with van der Waals surface area (Å²) in [6, 6.07) is 6.64. The molecule has 1 fully saturated rings. The van der Waals surface area contributed by atoms with Crippen molar-refractivity contribution < 1.29 is 4.39 Å². The molecule has 1 aromatic carbocycles. The van der Waals surface area contributed by atoms with Crippen molar-refractivity contribution in [2.75, 3.05) is 6.54 Å². The fourth-order valence-corrected chi connectivity index (χ4v) is 2.29. The molecule has 19 heavy (non-hydrogen) atoms. The highest BCUT2D eigenvalue weighted by atomic mass is 19.1. The van der Waals surface area contributed by atoms with Crippen molar-refractivity contribution in [3.63, 3.8) is 0 Å². The van der Waals surface area contributed by atoms with Crippen LogP contribution in [-0.4, -0.2) is 23.5 Å². The van der Waals surface area contributed by atoms with Gasteiger partial charge in [0.2, 0.25) is 0 Å². The first-order valence-corrected chi connectivity index (χ1v) is 7.35. The van der Waals surface area contributed by atoms with Crippen molar-refractivity contribution in [2.24, 2.45) is 0 Å². The molecule has 0 saturated heterocycles. The Morgan fingerprint density at radius 3 is 2.68 bits per heavy atom. The summed E-state index contributed by atoms with van der Waals surface area (Å²) in [4.78, 5) is 2.27. The van der Waals surface area contributed by atoms with Crippen LogP contribution in [0.2, 0.25) is 0 Å². The third kappa shape index (κ3) is 4.29. The van der Waals surface area contributed by atoms with Crippen LogP contribution in [0.1, 0.15) is 44.7 Å². The van der Waals surface area contributed by atoms with Gasteiger partial charge in [-0.1, -0.05) is 19.1 Å². The summed E-state index contributed by atoms with van der Waals surface area (Å²) >= 11 is 0. The van der Waals surface area contributed by atoms with Gasteiger partial charge in [-0.2, -0.15) is 0 Å². The van der Waals surface area contributed by atoms with E-state index in [4.69, 9.17) is 0 Å². The van der Waals surface area contributed by atoms with Gasteiger partial charge >= 0.3 is 0 Å². The molecule has 2 rings (SSSR count). The predicted octanol–water partition coefficient (Wildman–Crippen LogP) is 3.31. The van der Waals surface area contributed by atoms with Crippen molar-refractivity contribution in [3.05, 3.63) is 35.1 Å². The standard InChI is InChI=1S/C16H25FN2/c1-4-19(12(2)3)11-14-9-13(5-8-16(14)17)10-18-15-6-7-15/h5,8-9,12,15,18H,4,6-7,10-11H2,1-3H3. The van der Waals surface area contributed by atoms with Crippen molar-refractivity contribution in [1.29, 1.82) is 0 Å². The lowest BCUT2D eigenvalue weighted by molar-refractivity contribution is 0.222. The lowest BCUT2D eigenvalue weighted by atomic mass is 10.1. The van der Waals surface area contributed by atoms with Gasteiger partial charge in [-0.15, -0.1) is 0 Å². The molecule has 0 unspecified atom stereocenters. The molecule has 2 nitrogen and oxygen atoms in total. The third-order valence-electron chi connectivity index (χ3n) is 3.79. The van der Waals surface area contributed by atoms with Gasteiger partial charge in [-0.25, -0.2) is 4.39 Å². The van der Waals surface area contributed by atoms with E-state index >= 15 is 0 Å². The molecule has 3 heteroatoms. The maximum absolute atomic E-state index is 13.9. The fourth-order valence-electron chi connectivity index (χ4n) is 2.29. The summed E-state index contributed by atoms with van der Waals surface area (Å²) in [6.45, 7) is 8.92. The molecule has 106 valence electrons. The lowest BCUT2D eigenvalue weighted by Gasteiger charge is -2.25. The molecule has 0 heterocycles. The highest BCUT2D eigenvalue weighted by molar-refractivity contribution is 5.25. The Kier molecular flexibility index (Phi) is 4.94. The molecule has 1 saturated carbocycles. The van der Waals surface area contributed by atoms with Gasteiger partial charge < -0.3 is 5.32 Å². The maximum atomic E-state index is 13.9. The van der Waals surface area contributed by atoms with E-state index in [0.29, 0.717) is 18.6 Å². The highest BCUT2D eigenvalue weighted by Gasteiger charge is 2.20. The Bertz CT molecular complexity index is 413. The molecule has 1 N–H and O–H groups in total. The van der Waals surface area contributed by atoms with Gasteiger partial charge in [-0.05, 0) is 44.9 Å². The largest absolute Gasteiger partial charge is 0.310 e. The van der Waals surface area contributed by atoms with Crippen LogP contribution in [0.4, 0.5) is 4.39 Å². The zero-order chi connectivity index (χ0) is 13.8. The van der Waals surface area contributed by atoms with Gasteiger partial charge in [0.15, 0.2) is 0 Å². The second kappa shape index (κ2) is 6.49. The van der Waals surface area contributed by atoms with Gasteiger partial charge in [0.05, 0.1) is 0 Å². The number of benzene rings is 1. The number of nitrogens with zero attached hydrogens (tertiary/aromatic N) is 1. The summed E-state index contributed by atoms with van der Waals surface area (Å²) in [5.41, 5.74) is 1.99. The normalized spacial score (nSPS) is 15.5. The number of hydrogen-bond acceptors (Lipinski definition) is 2. The molecule has 1 aromatic rings. The van der Waals surface area contributed by atoms with Crippen molar-refractivity contribution >= 4 is 0 Å². The van der Waals surface area contributed by atoms with Crippen molar-refractivity contribution in [3.8, 4) is 0 Å². The van der Waals surface area contributed by atoms with Gasteiger partial charge in [-0.3, -0.25) is 4.90 Å². The second-order valence-electron chi connectivity index (χ2n) is 5.74. The van der Waals surface area contributed by atoms with Crippen LogP contribution in [-0.2, 0) is 13.1 Å². The average molecular weight is 264 g/mol. The van der Waals surface area contributed by atoms with E-state index in [1.807, 2.05) is 12.1 Å². The first-order valence-electron chi connectivity index (χ1n) is 7.35. The molecule has 1 aliphatic carbocycles. The number of hydrogen-bond donors (Lipinski definition) is 1. The van der Waals surface area contributed by atoms with E-state index < -0.39 is 0 Å². The Hall–Kier alpha value is -0.930. The topological polar surface area (TPSA) is 15.3 Å². The van der Waals surface area contributed by atoms with Crippen LogP contribution >= 0.6 is 0 Å². The molecule has 1 aliphatic rings. The van der Waals surface area contributed by atoms with Crippen LogP contribution in [0.15, 0.2) is 18.2 Å². The van der Waals surface area contributed by atoms with Crippen LogP contribution in [0, 0.1) is 5.82 Å². The van der Waals surface area contributed by atoms with Crippen LogP contribution < -0.4 is 5.32 Å². The molecule has 0 aliphatic heterocycles. The van der Waals surface area contributed by atoms with Crippen LogP contribution in [0.25, 0.3) is 0 Å². The molecular formula is C16H25FN2. The lowest BCUT2D eigenvalue weighted by Crippen LogP contribution is -2.30. The van der Waals surface area contributed by atoms with E-state index in [0.717, 1.165) is 18.7 Å². The number of nitrogens with one attached hydrogen (secondary N) is 1. The first-order chi connectivity index (χ1) is 9.10. The van der Waals surface area contributed by atoms with E-state index in [-0.39, 0.29) is 5.82 Å². The molecule has 0 amide bonds. The smallest absolute Gasteiger partial charge is 0.127 e. The molecular weight excluding hydrogens is 239 g/mol. The minimum Gasteiger partial charge on any atom is -0.310 e. The van der Waals surface area contributed by atoms with Crippen LogP contribution in [0.3, 0.4) is 0 Å². The molecule has 0 radical (unpaired) electrons. The van der Waals surface area contributed by atoms with Gasteiger partial charge in [0.25, 0.3) is 0 Å². The summed E-state index contributed by atoms with van der Waals surface area (Å²) in [5, 5.41) is 3.47. The number of rotatable bonds is 7. The molecule has 0 bridgehead atoms. The van der Waals surface area contributed by atoms with E-state index in [9.17, 15) is 4.39 Å². The Labute approximate surface area is 116 Å². The van der Waals surface area contributed by atoms with Crippen molar-refractivity contribution in [2.45, 2.75) is 58.8 Å². The Balaban J connectivity index is 2.02. The summed E-state index contributed by atoms with van der Waals surface area (Å²) in [7, 11) is 0. The predicted molar refractivity (Wildman–Crippen MR) is 77.5 cm³/mol. The molecule has 0 spiro atoms. The van der Waals surface area contributed by atoms with E-state index in [1.54, 1.807) is 6.07 Å². The minimum atomic E-state index is -0.0886. The van der Waals surface area contributed by atoms with Gasteiger partial charge in [0, 0.05) is 30.7 Å². The molecule has 0 aromatic heterocycles. The quantitative estimate of drug-likeness (QED) is 0.813. The fraction of sp³-hybridized carbons (Fsp3) is 0.625. The number of halogens is 1. The summed E-state index contributed by atoms with van der Waals surface area (Å²) in [5.74, 6) is -0.0886. The highest BCUT2D eigenvalue weighted by Crippen LogP contribution is 2.20. The Morgan fingerprint density at radius 1 is 1.37 bits per heavy atom. The second-order valence-corrected chi connectivity index (χ2v) is 5.74. The SMILES string of the molecule is CCN(Cc1cc(CNC2CC2)ccc1F)C(C)C. The molecule has 0 atom stereocenters. The summed E-state index contributed by atoms with van der Waals surface area (Å²) in [6.07, 6.45) is 2.57. The maximum Gasteiger partial charge on any atom is 0.127 e. The van der Waals surface area contributed by atoms with E-state index in [1.165, 1.54) is 18.4 Å². The zero-order valence-corrected chi connectivity index (χ0v) is 12.2. The summed E-state index contributed by atoms with van der Waals surface area (Å²) < 4.78 is 13.9. The van der Waals surface area contributed by atoms with Crippen LogP contribution in [0.5, 0.6) is 0 Å².